The van der Waals surface area contributed by atoms with Gasteiger partial charge < -0.3 is 4.90 Å². The number of nitrogens with zero attached hydrogens (tertiary/aromatic N) is 1. The Bertz CT molecular complexity index is 575. The predicted octanol–water partition coefficient (Wildman–Crippen LogP) is 4.15. The van der Waals surface area contributed by atoms with Gasteiger partial charge in [0.25, 0.3) is 5.91 Å². The van der Waals surface area contributed by atoms with E-state index in [1.807, 2.05) is 35.2 Å². The smallest absolute Gasteiger partial charge is 0.258 e. The summed E-state index contributed by atoms with van der Waals surface area (Å²) in [5, 5.41) is 0.647. The number of rotatable bonds is 3. The normalized spacial score (nSPS) is 14.2. The van der Waals surface area contributed by atoms with Gasteiger partial charge in [-0.2, -0.15) is 0 Å². The molecule has 3 rings (SSSR count). The molecule has 2 aromatic rings. The fourth-order valence-electron chi connectivity index (χ4n) is 2.15. The maximum atomic E-state index is 12.6. The van der Waals surface area contributed by atoms with Gasteiger partial charge in [0, 0.05) is 22.3 Å². The van der Waals surface area contributed by atoms with Gasteiger partial charge in [-0.05, 0) is 49.2 Å². The van der Waals surface area contributed by atoms with Crippen molar-refractivity contribution >= 4 is 23.2 Å². The van der Waals surface area contributed by atoms with Crippen LogP contribution in [0.2, 0.25) is 5.02 Å². The molecule has 0 aromatic heterocycles. The van der Waals surface area contributed by atoms with E-state index in [2.05, 4.69) is 0 Å². The molecule has 1 amide bonds. The predicted molar refractivity (Wildman–Crippen MR) is 77.7 cm³/mol. The lowest BCUT2D eigenvalue weighted by atomic mass is 10.1. The summed E-state index contributed by atoms with van der Waals surface area (Å²) < 4.78 is 0. The molecule has 0 bridgehead atoms. The Morgan fingerprint density at radius 2 is 1.63 bits per heavy atom. The summed E-state index contributed by atoms with van der Waals surface area (Å²) in [5.74, 6) is 0.0466. The van der Waals surface area contributed by atoms with Gasteiger partial charge in [0.2, 0.25) is 0 Å². The molecule has 0 atom stereocenters. The van der Waals surface area contributed by atoms with Crippen LogP contribution >= 0.6 is 11.6 Å². The van der Waals surface area contributed by atoms with Crippen molar-refractivity contribution in [1.82, 2.24) is 0 Å². The summed E-state index contributed by atoms with van der Waals surface area (Å²) in [6.45, 7) is 0. The highest BCUT2D eigenvalue weighted by Gasteiger charge is 2.34. The molecule has 1 saturated carbocycles. The Balaban J connectivity index is 1.92. The first-order valence-corrected chi connectivity index (χ1v) is 6.78. The highest BCUT2D eigenvalue weighted by molar-refractivity contribution is 6.30. The molecular formula is C16H14ClNO. The summed E-state index contributed by atoms with van der Waals surface area (Å²) in [4.78, 5) is 14.5. The Morgan fingerprint density at radius 1 is 1.00 bits per heavy atom. The van der Waals surface area contributed by atoms with Gasteiger partial charge in [-0.3, -0.25) is 4.79 Å². The first-order valence-electron chi connectivity index (χ1n) is 6.40. The summed E-state index contributed by atoms with van der Waals surface area (Å²) in [7, 11) is 0. The zero-order chi connectivity index (χ0) is 13.2. The van der Waals surface area contributed by atoms with Crippen molar-refractivity contribution in [3.63, 3.8) is 0 Å². The van der Waals surface area contributed by atoms with E-state index in [9.17, 15) is 4.79 Å². The number of carbonyl (C=O) groups excluding carboxylic acids is 1. The van der Waals surface area contributed by atoms with Crippen LogP contribution in [0.3, 0.4) is 0 Å². The highest BCUT2D eigenvalue weighted by atomic mass is 35.5. The average Bonchev–Trinajstić information content (AvgIpc) is 3.25. The molecule has 0 unspecified atom stereocenters. The number of para-hydroxylation sites is 1. The Labute approximate surface area is 117 Å². The molecule has 1 aliphatic carbocycles. The summed E-state index contributed by atoms with van der Waals surface area (Å²) in [6, 6.07) is 17.2. The van der Waals surface area contributed by atoms with E-state index in [0.717, 1.165) is 18.5 Å². The van der Waals surface area contributed by atoms with E-state index < -0.39 is 0 Å². The van der Waals surface area contributed by atoms with Crippen LogP contribution in [0.5, 0.6) is 0 Å². The molecule has 2 aromatic carbocycles. The van der Waals surface area contributed by atoms with Gasteiger partial charge in [0.05, 0.1) is 0 Å². The molecule has 0 spiro atoms. The van der Waals surface area contributed by atoms with Gasteiger partial charge in [0.15, 0.2) is 0 Å². The number of hydrogen-bond acceptors (Lipinski definition) is 1. The molecule has 96 valence electrons. The number of amides is 1. The van der Waals surface area contributed by atoms with E-state index in [1.165, 1.54) is 0 Å². The van der Waals surface area contributed by atoms with Gasteiger partial charge in [-0.25, -0.2) is 0 Å². The molecule has 2 nitrogen and oxygen atoms in total. The Hall–Kier alpha value is -1.80. The van der Waals surface area contributed by atoms with Crippen molar-refractivity contribution in [3.05, 3.63) is 65.2 Å². The number of halogens is 1. The second kappa shape index (κ2) is 5.06. The molecule has 19 heavy (non-hydrogen) atoms. The zero-order valence-corrected chi connectivity index (χ0v) is 11.2. The van der Waals surface area contributed by atoms with Crippen molar-refractivity contribution in [2.75, 3.05) is 4.90 Å². The van der Waals surface area contributed by atoms with E-state index in [-0.39, 0.29) is 5.91 Å². The van der Waals surface area contributed by atoms with Crippen LogP contribution in [0.25, 0.3) is 0 Å². The van der Waals surface area contributed by atoms with E-state index in [1.54, 1.807) is 24.3 Å². The lowest BCUT2D eigenvalue weighted by molar-refractivity contribution is 0.0985. The van der Waals surface area contributed by atoms with Crippen molar-refractivity contribution in [2.45, 2.75) is 18.9 Å². The largest absolute Gasteiger partial charge is 0.305 e. The number of anilines is 1. The topological polar surface area (TPSA) is 20.3 Å². The van der Waals surface area contributed by atoms with Gasteiger partial charge in [-0.1, -0.05) is 29.8 Å². The summed E-state index contributed by atoms with van der Waals surface area (Å²) in [6.07, 6.45) is 2.16. The first-order chi connectivity index (χ1) is 9.25. The number of hydrogen-bond donors (Lipinski definition) is 0. The lowest BCUT2D eigenvalue weighted by Gasteiger charge is -2.22. The van der Waals surface area contributed by atoms with Crippen LogP contribution in [-0.4, -0.2) is 11.9 Å². The van der Waals surface area contributed by atoms with Gasteiger partial charge in [-0.15, -0.1) is 0 Å². The molecular weight excluding hydrogens is 258 g/mol. The van der Waals surface area contributed by atoms with Crippen molar-refractivity contribution in [2.24, 2.45) is 0 Å². The van der Waals surface area contributed by atoms with Crippen LogP contribution in [0, 0.1) is 0 Å². The monoisotopic (exact) mass is 271 g/mol. The molecule has 1 fully saturated rings. The average molecular weight is 272 g/mol. The second-order valence-electron chi connectivity index (χ2n) is 4.75. The third kappa shape index (κ3) is 2.64. The highest BCUT2D eigenvalue weighted by Crippen LogP contribution is 2.33. The molecule has 0 N–H and O–H groups in total. The standard InChI is InChI=1S/C16H14ClNO/c17-13-8-6-12(7-9-13)16(19)18(15-10-11-15)14-4-2-1-3-5-14/h1-9,15H,10-11H2. The van der Waals surface area contributed by atoms with Gasteiger partial charge >= 0.3 is 0 Å². The number of benzene rings is 2. The Morgan fingerprint density at radius 3 is 2.21 bits per heavy atom. The third-order valence-electron chi connectivity index (χ3n) is 3.26. The Kier molecular flexibility index (Phi) is 3.26. The molecule has 0 heterocycles. The van der Waals surface area contributed by atoms with E-state index in [0.29, 0.717) is 16.6 Å². The summed E-state index contributed by atoms with van der Waals surface area (Å²) >= 11 is 5.86. The van der Waals surface area contributed by atoms with Crippen LogP contribution in [0.15, 0.2) is 54.6 Å². The van der Waals surface area contributed by atoms with Crippen molar-refractivity contribution < 1.29 is 4.79 Å². The molecule has 0 radical (unpaired) electrons. The minimum absolute atomic E-state index is 0.0466. The SMILES string of the molecule is O=C(c1ccc(Cl)cc1)N(c1ccccc1)C1CC1. The van der Waals surface area contributed by atoms with Crippen LogP contribution in [0.1, 0.15) is 23.2 Å². The van der Waals surface area contributed by atoms with E-state index >= 15 is 0 Å². The zero-order valence-electron chi connectivity index (χ0n) is 10.4. The maximum Gasteiger partial charge on any atom is 0.258 e. The molecule has 3 heteroatoms. The molecule has 1 aliphatic rings. The summed E-state index contributed by atoms with van der Waals surface area (Å²) in [5.41, 5.74) is 1.64. The minimum atomic E-state index is 0.0466. The lowest BCUT2D eigenvalue weighted by Crippen LogP contribution is -2.32. The van der Waals surface area contributed by atoms with Crippen molar-refractivity contribution in [3.8, 4) is 0 Å². The minimum Gasteiger partial charge on any atom is -0.305 e. The molecule has 0 saturated heterocycles. The van der Waals surface area contributed by atoms with Crippen molar-refractivity contribution in [1.29, 1.82) is 0 Å². The number of carbonyl (C=O) groups is 1. The van der Waals surface area contributed by atoms with Crippen LogP contribution in [0.4, 0.5) is 5.69 Å². The molecule has 0 aliphatic heterocycles. The second-order valence-corrected chi connectivity index (χ2v) is 5.19. The van der Waals surface area contributed by atoms with Gasteiger partial charge in [0.1, 0.15) is 0 Å². The van der Waals surface area contributed by atoms with Crippen LogP contribution in [-0.2, 0) is 0 Å². The van der Waals surface area contributed by atoms with Crippen LogP contribution < -0.4 is 4.90 Å². The quantitative estimate of drug-likeness (QED) is 0.821. The fourth-order valence-corrected chi connectivity index (χ4v) is 2.27. The first kappa shape index (κ1) is 12.2. The van der Waals surface area contributed by atoms with E-state index in [4.69, 9.17) is 11.6 Å². The third-order valence-corrected chi connectivity index (χ3v) is 3.51. The fraction of sp³-hybridized carbons (Fsp3) is 0.188. The maximum absolute atomic E-state index is 12.6.